The molecule has 2 unspecified atom stereocenters. The van der Waals surface area contributed by atoms with Gasteiger partial charge < -0.3 is 9.88 Å². The van der Waals surface area contributed by atoms with Gasteiger partial charge >= 0.3 is 5.69 Å². The third kappa shape index (κ3) is 3.49. The second-order valence-corrected chi connectivity index (χ2v) is 8.94. The zero-order chi connectivity index (χ0) is 21.5. The Balaban J connectivity index is 1.58. The molecule has 1 N–H and O–H groups in total. The molecule has 160 valence electrons. The third-order valence-electron chi connectivity index (χ3n) is 6.74. The van der Waals surface area contributed by atoms with Crippen LogP contribution in [0.25, 0.3) is 16.6 Å². The normalized spacial score (nSPS) is 21.1. The molecule has 1 saturated carbocycles. The summed E-state index contributed by atoms with van der Waals surface area (Å²) in [6.45, 7) is 0.745. The summed E-state index contributed by atoms with van der Waals surface area (Å²) in [5, 5.41) is 0.629. The van der Waals surface area contributed by atoms with Gasteiger partial charge in [-0.25, -0.2) is 9.36 Å². The predicted octanol–water partition coefficient (Wildman–Crippen LogP) is 4.13. The number of H-pyrrole nitrogens is 1. The lowest BCUT2D eigenvalue weighted by atomic mass is 9.78. The summed E-state index contributed by atoms with van der Waals surface area (Å²) < 4.78 is 1.01. The number of nitrogens with zero attached hydrogens (tertiary/aromatic N) is 2. The monoisotopic (exact) mass is 437 g/mol. The molecule has 3 aromatic rings. The van der Waals surface area contributed by atoms with Gasteiger partial charge in [0.15, 0.2) is 0 Å². The molecule has 2 aliphatic rings. The number of rotatable bonds is 2. The van der Waals surface area contributed by atoms with Crippen LogP contribution in [-0.4, -0.2) is 32.9 Å². The highest BCUT2D eigenvalue weighted by molar-refractivity contribution is 6.32. The van der Waals surface area contributed by atoms with Crippen LogP contribution < -0.4 is 11.2 Å². The van der Waals surface area contributed by atoms with E-state index in [1.54, 1.807) is 42.5 Å². The Kier molecular flexibility index (Phi) is 5.18. The Bertz CT molecular complexity index is 1280. The third-order valence-corrected chi connectivity index (χ3v) is 7.06. The van der Waals surface area contributed by atoms with E-state index in [0.29, 0.717) is 22.4 Å². The van der Waals surface area contributed by atoms with E-state index < -0.39 is 11.2 Å². The molecular weight excluding hydrogens is 414 g/mol. The first-order valence-corrected chi connectivity index (χ1v) is 11.3. The van der Waals surface area contributed by atoms with Crippen LogP contribution in [0.4, 0.5) is 0 Å². The maximum absolute atomic E-state index is 13.4. The highest BCUT2D eigenvalue weighted by Gasteiger charge is 2.36. The molecule has 0 spiro atoms. The maximum atomic E-state index is 13.4. The number of benzene rings is 2. The van der Waals surface area contributed by atoms with Gasteiger partial charge in [0.1, 0.15) is 0 Å². The molecule has 1 aromatic heterocycles. The van der Waals surface area contributed by atoms with Crippen molar-refractivity contribution in [3.8, 4) is 5.69 Å². The van der Waals surface area contributed by atoms with Crippen LogP contribution in [0.2, 0.25) is 5.02 Å². The Morgan fingerprint density at radius 3 is 2.65 bits per heavy atom. The largest absolute Gasteiger partial charge is 0.335 e. The van der Waals surface area contributed by atoms with Crippen molar-refractivity contribution < 1.29 is 4.79 Å². The van der Waals surface area contributed by atoms with Crippen LogP contribution in [0.5, 0.6) is 0 Å². The zero-order valence-corrected chi connectivity index (χ0v) is 17.9. The number of likely N-dealkylation sites (tertiary alicyclic amines) is 1. The minimum atomic E-state index is -0.583. The fourth-order valence-electron chi connectivity index (χ4n) is 5.24. The number of para-hydroxylation sites is 1. The van der Waals surface area contributed by atoms with Gasteiger partial charge in [-0.15, -0.1) is 0 Å². The average Bonchev–Trinajstić information content (AvgIpc) is 2.79. The number of carbonyl (C=O) groups excluding carboxylic acids is 1. The van der Waals surface area contributed by atoms with Crippen molar-refractivity contribution in [2.24, 2.45) is 5.92 Å². The van der Waals surface area contributed by atoms with Crippen LogP contribution >= 0.6 is 11.6 Å². The van der Waals surface area contributed by atoms with Crippen LogP contribution in [0, 0.1) is 5.92 Å². The van der Waals surface area contributed by atoms with E-state index in [9.17, 15) is 14.4 Å². The molecule has 5 rings (SSSR count). The maximum Gasteiger partial charge on any atom is 0.333 e. The lowest BCUT2D eigenvalue weighted by Gasteiger charge is -2.44. The molecule has 1 aliphatic heterocycles. The van der Waals surface area contributed by atoms with Gasteiger partial charge in [0.2, 0.25) is 0 Å². The highest BCUT2D eigenvalue weighted by atomic mass is 35.5. The van der Waals surface area contributed by atoms with Crippen molar-refractivity contribution >= 4 is 28.4 Å². The molecule has 31 heavy (non-hydrogen) atoms. The van der Waals surface area contributed by atoms with Crippen molar-refractivity contribution in [2.45, 2.75) is 44.6 Å². The molecule has 1 saturated heterocycles. The summed E-state index contributed by atoms with van der Waals surface area (Å²) in [6, 6.07) is 12.0. The lowest BCUT2D eigenvalue weighted by molar-refractivity contribution is 0.0390. The molecular formula is C24H24ClN3O3. The molecule has 2 fully saturated rings. The first-order valence-electron chi connectivity index (χ1n) is 10.9. The molecule has 1 aliphatic carbocycles. The number of hydrogen-bond donors (Lipinski definition) is 1. The first-order chi connectivity index (χ1) is 15.0. The fourth-order valence-corrected chi connectivity index (χ4v) is 5.44. The summed E-state index contributed by atoms with van der Waals surface area (Å²) in [7, 11) is 0. The van der Waals surface area contributed by atoms with Crippen molar-refractivity contribution in [2.75, 3.05) is 6.54 Å². The minimum absolute atomic E-state index is 0.0558. The second-order valence-electron chi connectivity index (χ2n) is 8.54. The molecule has 2 atom stereocenters. The van der Waals surface area contributed by atoms with E-state index in [2.05, 4.69) is 4.98 Å². The van der Waals surface area contributed by atoms with Crippen molar-refractivity contribution in [3.63, 3.8) is 0 Å². The number of aromatic amines is 1. The van der Waals surface area contributed by atoms with Gasteiger partial charge in [0.05, 0.1) is 21.6 Å². The highest BCUT2D eigenvalue weighted by Crippen LogP contribution is 2.36. The zero-order valence-electron chi connectivity index (χ0n) is 17.1. The van der Waals surface area contributed by atoms with Gasteiger partial charge in [-0.1, -0.05) is 36.6 Å². The van der Waals surface area contributed by atoms with E-state index in [1.165, 1.54) is 19.3 Å². The SMILES string of the molecule is O=C(c1ccc(Cl)c(-n2c(=O)[nH]c3ccccc3c2=O)c1)N1CCCC2CCCCC21. The standard InChI is InChI=1S/C24H24ClN3O3/c25-18-12-11-16(22(29)27-13-5-7-15-6-1-4-10-20(15)27)14-21(18)28-23(30)17-8-2-3-9-19(17)26-24(28)31/h2-3,8-9,11-12,14-15,20H,1,4-7,10,13H2,(H,26,31). The summed E-state index contributed by atoms with van der Waals surface area (Å²) in [5.41, 5.74) is 0.0947. The Morgan fingerprint density at radius 1 is 1.00 bits per heavy atom. The molecule has 0 bridgehead atoms. The molecule has 2 aromatic carbocycles. The van der Waals surface area contributed by atoms with Gasteiger partial charge in [-0.2, -0.15) is 0 Å². The van der Waals surface area contributed by atoms with Crippen LogP contribution in [0.3, 0.4) is 0 Å². The number of hydrogen-bond acceptors (Lipinski definition) is 3. The number of aromatic nitrogens is 2. The van der Waals surface area contributed by atoms with Gasteiger partial charge in [-0.3, -0.25) is 9.59 Å². The Labute approximate surface area is 184 Å². The number of fused-ring (bicyclic) bond motifs is 2. The molecule has 2 heterocycles. The number of carbonyl (C=O) groups is 1. The molecule has 0 radical (unpaired) electrons. The summed E-state index contributed by atoms with van der Waals surface area (Å²) in [6.07, 6.45) is 6.81. The molecule has 7 heteroatoms. The Morgan fingerprint density at radius 2 is 1.77 bits per heavy atom. The number of piperidine rings is 1. The van der Waals surface area contributed by atoms with Gasteiger partial charge in [-0.05, 0) is 61.9 Å². The predicted molar refractivity (Wildman–Crippen MR) is 121 cm³/mol. The van der Waals surface area contributed by atoms with E-state index in [1.807, 2.05) is 4.90 Å². The van der Waals surface area contributed by atoms with Crippen LogP contribution in [0.1, 0.15) is 48.9 Å². The molecule has 6 nitrogen and oxygen atoms in total. The topological polar surface area (TPSA) is 75.2 Å². The van der Waals surface area contributed by atoms with Crippen LogP contribution in [0.15, 0.2) is 52.1 Å². The fraction of sp³-hybridized carbons (Fsp3) is 0.375. The van der Waals surface area contributed by atoms with Crippen molar-refractivity contribution in [3.05, 3.63) is 73.9 Å². The smallest absolute Gasteiger partial charge is 0.333 e. The summed E-state index contributed by atoms with van der Waals surface area (Å²) >= 11 is 6.39. The molecule has 1 amide bonds. The number of halogens is 1. The van der Waals surface area contributed by atoms with Crippen molar-refractivity contribution in [1.82, 2.24) is 14.5 Å². The van der Waals surface area contributed by atoms with Gasteiger partial charge in [0.25, 0.3) is 11.5 Å². The number of amides is 1. The summed E-state index contributed by atoms with van der Waals surface area (Å²) in [5.74, 6) is 0.518. The quantitative estimate of drug-likeness (QED) is 0.655. The lowest BCUT2D eigenvalue weighted by Crippen LogP contribution is -2.49. The minimum Gasteiger partial charge on any atom is -0.335 e. The second kappa shape index (κ2) is 8.00. The number of nitrogens with one attached hydrogen (secondary N) is 1. The van der Waals surface area contributed by atoms with Gasteiger partial charge in [0, 0.05) is 18.2 Å². The average molecular weight is 438 g/mol. The van der Waals surface area contributed by atoms with E-state index in [-0.39, 0.29) is 22.7 Å². The van der Waals surface area contributed by atoms with Crippen LogP contribution in [-0.2, 0) is 0 Å². The van der Waals surface area contributed by atoms with E-state index in [4.69, 9.17) is 11.6 Å². The van der Waals surface area contributed by atoms with E-state index >= 15 is 0 Å². The van der Waals surface area contributed by atoms with Crippen molar-refractivity contribution in [1.29, 1.82) is 0 Å². The summed E-state index contributed by atoms with van der Waals surface area (Å²) in [4.78, 5) is 44.0. The van der Waals surface area contributed by atoms with E-state index in [0.717, 1.165) is 30.4 Å². The Hall–Kier alpha value is -2.86. The first kappa shape index (κ1) is 20.1.